The lowest BCUT2D eigenvalue weighted by atomic mass is 10.1. The van der Waals surface area contributed by atoms with Gasteiger partial charge in [-0.3, -0.25) is 9.69 Å². The summed E-state index contributed by atoms with van der Waals surface area (Å²) in [5.41, 5.74) is 7.34. The van der Waals surface area contributed by atoms with Gasteiger partial charge in [0.2, 0.25) is 11.8 Å². The molecule has 1 aliphatic heterocycles. The minimum atomic E-state index is -0.884. The Morgan fingerprint density at radius 2 is 1.92 bits per heavy atom. The SMILES string of the molecule is CNC(=O)c1cc(N2CCN(CCn3ncc4c3nc(N)n3nc(-c5ccco5)nc43)CC2)c(F)cc1F. The molecule has 1 saturated heterocycles. The molecule has 6 rings (SSSR count). The van der Waals surface area contributed by atoms with Crippen LogP contribution in [0.4, 0.5) is 20.4 Å². The van der Waals surface area contributed by atoms with E-state index in [0.717, 1.165) is 6.07 Å². The Kier molecular flexibility index (Phi) is 5.87. The number of hydrogen-bond acceptors (Lipinski definition) is 9. The third-order valence-electron chi connectivity index (χ3n) is 6.69. The molecule has 196 valence electrons. The number of furan rings is 1. The van der Waals surface area contributed by atoms with Crippen LogP contribution in [0, 0.1) is 11.6 Å². The highest BCUT2D eigenvalue weighted by Crippen LogP contribution is 2.26. The number of carbonyl (C=O) groups is 1. The quantitative estimate of drug-likeness (QED) is 0.342. The van der Waals surface area contributed by atoms with Gasteiger partial charge in [-0.25, -0.2) is 18.4 Å². The molecule has 5 aromatic rings. The Hall–Kier alpha value is -4.59. The van der Waals surface area contributed by atoms with Crippen LogP contribution in [0.3, 0.4) is 0 Å². The number of halogens is 2. The molecule has 12 nitrogen and oxygen atoms in total. The van der Waals surface area contributed by atoms with E-state index in [1.807, 2.05) is 4.90 Å². The lowest BCUT2D eigenvalue weighted by Crippen LogP contribution is -2.47. The number of piperazine rings is 1. The molecule has 4 aromatic heterocycles. The lowest BCUT2D eigenvalue weighted by Gasteiger charge is -2.36. The first-order chi connectivity index (χ1) is 18.4. The van der Waals surface area contributed by atoms with E-state index >= 15 is 0 Å². The summed E-state index contributed by atoms with van der Waals surface area (Å²) < 4.78 is 37.2. The normalized spacial score (nSPS) is 14.6. The van der Waals surface area contributed by atoms with Crippen molar-refractivity contribution in [2.24, 2.45) is 0 Å². The van der Waals surface area contributed by atoms with Crippen LogP contribution in [-0.4, -0.2) is 79.9 Å². The number of nitrogen functional groups attached to an aromatic ring is 1. The molecule has 0 bridgehead atoms. The smallest absolute Gasteiger partial charge is 0.254 e. The van der Waals surface area contributed by atoms with Crippen LogP contribution in [-0.2, 0) is 6.54 Å². The number of amides is 1. The van der Waals surface area contributed by atoms with Crippen molar-refractivity contribution in [3.05, 3.63) is 53.9 Å². The van der Waals surface area contributed by atoms with Crippen LogP contribution < -0.4 is 16.0 Å². The molecule has 0 radical (unpaired) electrons. The summed E-state index contributed by atoms with van der Waals surface area (Å²) >= 11 is 0. The molecule has 3 N–H and O–H groups in total. The first-order valence-corrected chi connectivity index (χ1v) is 12.0. The number of aromatic nitrogens is 6. The van der Waals surface area contributed by atoms with Gasteiger partial charge in [-0.1, -0.05) is 0 Å². The third-order valence-corrected chi connectivity index (χ3v) is 6.69. The minimum absolute atomic E-state index is 0.179. The molecule has 0 atom stereocenters. The van der Waals surface area contributed by atoms with Crippen molar-refractivity contribution in [3.63, 3.8) is 0 Å². The Labute approximate surface area is 214 Å². The van der Waals surface area contributed by atoms with Gasteiger partial charge in [0.05, 0.1) is 35.6 Å². The fraction of sp³-hybridized carbons (Fsp3) is 0.292. The Balaban J connectivity index is 1.15. The second-order valence-electron chi connectivity index (χ2n) is 8.91. The number of benzene rings is 1. The molecule has 1 amide bonds. The molecule has 0 aliphatic carbocycles. The maximum Gasteiger partial charge on any atom is 0.254 e. The van der Waals surface area contributed by atoms with Gasteiger partial charge in [-0.05, 0) is 18.2 Å². The number of nitrogens with two attached hydrogens (primary N) is 1. The van der Waals surface area contributed by atoms with Gasteiger partial charge in [0.15, 0.2) is 17.1 Å². The first kappa shape index (κ1) is 23.8. The molecule has 0 saturated carbocycles. The number of anilines is 2. The average Bonchev–Trinajstić information content (AvgIpc) is 3.67. The van der Waals surface area contributed by atoms with E-state index < -0.39 is 17.5 Å². The highest BCUT2D eigenvalue weighted by Gasteiger charge is 2.23. The molecule has 5 heterocycles. The average molecular weight is 523 g/mol. The number of hydrogen-bond donors (Lipinski definition) is 2. The van der Waals surface area contributed by atoms with Gasteiger partial charge in [-0.2, -0.15) is 14.6 Å². The molecular weight excluding hydrogens is 498 g/mol. The van der Waals surface area contributed by atoms with Crippen molar-refractivity contribution >= 4 is 34.2 Å². The number of fused-ring (bicyclic) bond motifs is 3. The second-order valence-corrected chi connectivity index (χ2v) is 8.91. The predicted molar refractivity (Wildman–Crippen MR) is 135 cm³/mol. The van der Waals surface area contributed by atoms with Crippen LogP contribution in [0.25, 0.3) is 28.3 Å². The zero-order valence-corrected chi connectivity index (χ0v) is 20.4. The second kappa shape index (κ2) is 9.37. The maximum absolute atomic E-state index is 14.5. The summed E-state index contributed by atoms with van der Waals surface area (Å²) in [7, 11) is 1.41. The zero-order chi connectivity index (χ0) is 26.4. The van der Waals surface area contributed by atoms with Crippen LogP contribution in [0.15, 0.2) is 41.1 Å². The monoisotopic (exact) mass is 522 g/mol. The van der Waals surface area contributed by atoms with E-state index in [0.29, 0.717) is 67.5 Å². The van der Waals surface area contributed by atoms with E-state index in [1.54, 1.807) is 29.3 Å². The predicted octanol–water partition coefficient (Wildman–Crippen LogP) is 1.78. The number of rotatable bonds is 6. The maximum atomic E-state index is 14.5. The summed E-state index contributed by atoms with van der Waals surface area (Å²) in [5.74, 6) is -1.05. The molecule has 1 fully saturated rings. The standard InChI is InChI=1S/C24H24F2N10O2/c1-28-23(37)14-11-18(17(26)12-16(14)25)34-7-4-33(5-8-34)6-9-35-21-15(13-29-35)22-30-20(19-3-2-10-38-19)32-36(22)24(27)31-21/h2-3,10-13H,4-9H2,1H3,(H2,27,31)(H,28,37). The summed E-state index contributed by atoms with van der Waals surface area (Å²) in [4.78, 5) is 25.0. The van der Waals surface area contributed by atoms with Crippen molar-refractivity contribution in [3.8, 4) is 11.6 Å². The van der Waals surface area contributed by atoms with E-state index in [2.05, 4.69) is 30.4 Å². The molecular formula is C24H24F2N10O2. The van der Waals surface area contributed by atoms with Gasteiger partial charge in [0, 0.05) is 45.8 Å². The largest absolute Gasteiger partial charge is 0.461 e. The summed E-state index contributed by atoms with van der Waals surface area (Å²) in [6.45, 7) is 3.59. The van der Waals surface area contributed by atoms with Gasteiger partial charge in [0.25, 0.3) is 5.91 Å². The topological polar surface area (TPSA) is 136 Å². The van der Waals surface area contributed by atoms with Gasteiger partial charge < -0.3 is 20.4 Å². The minimum Gasteiger partial charge on any atom is -0.461 e. The van der Waals surface area contributed by atoms with E-state index in [-0.39, 0.29) is 17.2 Å². The lowest BCUT2D eigenvalue weighted by molar-refractivity contribution is 0.0959. The fourth-order valence-corrected chi connectivity index (χ4v) is 4.67. The van der Waals surface area contributed by atoms with E-state index in [1.165, 1.54) is 17.6 Å². The molecule has 0 unspecified atom stereocenters. The Morgan fingerprint density at radius 3 is 2.66 bits per heavy atom. The molecule has 0 spiro atoms. The van der Waals surface area contributed by atoms with Crippen LogP contribution in [0.1, 0.15) is 10.4 Å². The van der Waals surface area contributed by atoms with Gasteiger partial charge in [-0.15, -0.1) is 5.10 Å². The van der Waals surface area contributed by atoms with Crippen LogP contribution >= 0.6 is 0 Å². The van der Waals surface area contributed by atoms with Gasteiger partial charge in [0.1, 0.15) is 11.6 Å². The first-order valence-electron chi connectivity index (χ1n) is 12.0. The van der Waals surface area contributed by atoms with Crippen molar-refractivity contribution in [2.45, 2.75) is 6.54 Å². The fourth-order valence-electron chi connectivity index (χ4n) is 4.67. The van der Waals surface area contributed by atoms with Crippen LogP contribution in [0.5, 0.6) is 0 Å². The highest BCUT2D eigenvalue weighted by molar-refractivity contribution is 5.95. The molecule has 14 heteroatoms. The van der Waals surface area contributed by atoms with Gasteiger partial charge >= 0.3 is 0 Å². The van der Waals surface area contributed by atoms with Crippen molar-refractivity contribution in [2.75, 3.05) is 50.4 Å². The Bertz CT molecular complexity index is 1640. The Morgan fingerprint density at radius 1 is 1.11 bits per heavy atom. The number of carbonyl (C=O) groups excluding carboxylic acids is 1. The summed E-state index contributed by atoms with van der Waals surface area (Å²) in [6.07, 6.45) is 3.24. The number of nitrogens with one attached hydrogen (secondary N) is 1. The van der Waals surface area contributed by atoms with Crippen LogP contribution in [0.2, 0.25) is 0 Å². The summed E-state index contributed by atoms with van der Waals surface area (Å²) in [6, 6.07) is 5.56. The number of nitrogens with zero attached hydrogens (tertiary/aromatic N) is 8. The van der Waals surface area contributed by atoms with Crippen molar-refractivity contribution < 1.29 is 18.0 Å². The van der Waals surface area contributed by atoms with E-state index in [4.69, 9.17) is 10.2 Å². The summed E-state index contributed by atoms with van der Waals surface area (Å²) in [5, 5.41) is 12.0. The van der Waals surface area contributed by atoms with Crippen molar-refractivity contribution in [1.29, 1.82) is 0 Å². The molecule has 1 aromatic carbocycles. The zero-order valence-electron chi connectivity index (χ0n) is 20.4. The van der Waals surface area contributed by atoms with Crippen molar-refractivity contribution in [1.82, 2.24) is 39.6 Å². The highest BCUT2D eigenvalue weighted by atomic mass is 19.1. The van der Waals surface area contributed by atoms with E-state index in [9.17, 15) is 13.6 Å². The molecule has 38 heavy (non-hydrogen) atoms. The molecule has 1 aliphatic rings. The third kappa shape index (κ3) is 4.08.